The van der Waals surface area contributed by atoms with Gasteiger partial charge in [-0.3, -0.25) is 4.90 Å². The second kappa shape index (κ2) is 8.38. The Bertz CT molecular complexity index is 256. The summed E-state index contributed by atoms with van der Waals surface area (Å²) in [5.41, 5.74) is 0. The second-order valence-corrected chi connectivity index (χ2v) is 5.11. The number of piperazine rings is 1. The topological polar surface area (TPSA) is 38.8 Å². The number of amides is 2. The molecule has 0 aromatic rings. The summed E-state index contributed by atoms with van der Waals surface area (Å²) in [4.78, 5) is 18.4. The van der Waals surface area contributed by atoms with Crippen LogP contribution in [0.1, 0.15) is 26.7 Å². The average molecular weight is 270 g/mol. The fourth-order valence-corrected chi connectivity index (χ4v) is 2.81. The van der Waals surface area contributed by atoms with Gasteiger partial charge in [-0.25, -0.2) is 4.79 Å². The standard InChI is InChI=1S/C12H24N4O.C2H6/c1-13-12(17)16-9-7-15(8-10-16)11-3-5-14(2)6-4-11;1-2/h11H,3-10H2,1-2H3,(H,13,17);1-2H3. The zero-order chi connectivity index (χ0) is 14.3. The van der Waals surface area contributed by atoms with Crippen molar-refractivity contribution in [2.45, 2.75) is 32.7 Å². The number of hydrogen-bond acceptors (Lipinski definition) is 3. The van der Waals surface area contributed by atoms with Crippen LogP contribution in [0, 0.1) is 0 Å². The maximum absolute atomic E-state index is 11.5. The third-order valence-electron chi connectivity index (χ3n) is 4.02. The molecule has 2 amide bonds. The van der Waals surface area contributed by atoms with Gasteiger partial charge in [-0.05, 0) is 33.0 Å². The van der Waals surface area contributed by atoms with Gasteiger partial charge in [0.15, 0.2) is 0 Å². The molecule has 5 nitrogen and oxygen atoms in total. The highest BCUT2D eigenvalue weighted by atomic mass is 16.2. The van der Waals surface area contributed by atoms with E-state index in [1.165, 1.54) is 25.9 Å². The first kappa shape index (κ1) is 16.2. The third-order valence-corrected chi connectivity index (χ3v) is 4.02. The number of rotatable bonds is 1. The fourth-order valence-electron chi connectivity index (χ4n) is 2.81. The van der Waals surface area contributed by atoms with Gasteiger partial charge in [-0.2, -0.15) is 0 Å². The summed E-state index contributed by atoms with van der Waals surface area (Å²) in [5.74, 6) is 0. The molecule has 1 N–H and O–H groups in total. The number of nitrogens with zero attached hydrogens (tertiary/aromatic N) is 3. The van der Waals surface area contributed by atoms with Gasteiger partial charge in [0, 0.05) is 39.3 Å². The van der Waals surface area contributed by atoms with Crippen molar-refractivity contribution in [2.75, 3.05) is 53.4 Å². The van der Waals surface area contributed by atoms with Crippen molar-refractivity contribution in [3.63, 3.8) is 0 Å². The second-order valence-electron chi connectivity index (χ2n) is 5.11. The molecule has 0 aromatic carbocycles. The zero-order valence-electron chi connectivity index (χ0n) is 13.0. The highest BCUT2D eigenvalue weighted by Crippen LogP contribution is 2.17. The summed E-state index contributed by atoms with van der Waals surface area (Å²) >= 11 is 0. The van der Waals surface area contributed by atoms with Gasteiger partial charge in [-0.15, -0.1) is 0 Å². The van der Waals surface area contributed by atoms with Crippen LogP contribution < -0.4 is 5.32 Å². The van der Waals surface area contributed by atoms with Crippen molar-refractivity contribution in [1.29, 1.82) is 0 Å². The van der Waals surface area contributed by atoms with Gasteiger partial charge < -0.3 is 15.1 Å². The molecule has 0 saturated carbocycles. The normalized spacial score (nSPS) is 22.6. The Hall–Kier alpha value is -0.810. The number of hydrogen-bond donors (Lipinski definition) is 1. The molecule has 2 heterocycles. The lowest BCUT2D eigenvalue weighted by atomic mass is 10.0. The summed E-state index contributed by atoms with van der Waals surface area (Å²) in [7, 11) is 3.89. The van der Waals surface area contributed by atoms with E-state index in [1.807, 2.05) is 18.7 Å². The smallest absolute Gasteiger partial charge is 0.317 e. The molecule has 2 aliphatic heterocycles. The quantitative estimate of drug-likeness (QED) is 0.774. The number of nitrogens with one attached hydrogen (secondary N) is 1. The van der Waals surface area contributed by atoms with Crippen molar-refractivity contribution in [2.24, 2.45) is 0 Å². The minimum Gasteiger partial charge on any atom is -0.341 e. The van der Waals surface area contributed by atoms with Crippen LogP contribution in [0.15, 0.2) is 0 Å². The predicted octanol–water partition coefficient (Wildman–Crippen LogP) is 1.06. The van der Waals surface area contributed by atoms with Crippen molar-refractivity contribution in [3.05, 3.63) is 0 Å². The summed E-state index contributed by atoms with van der Waals surface area (Å²) < 4.78 is 0. The van der Waals surface area contributed by atoms with E-state index in [4.69, 9.17) is 0 Å². The molecule has 0 spiro atoms. The Balaban J connectivity index is 0.000000861. The van der Waals surface area contributed by atoms with E-state index < -0.39 is 0 Å². The Morgan fingerprint density at radius 3 is 2.00 bits per heavy atom. The van der Waals surface area contributed by atoms with Crippen LogP contribution in [0.25, 0.3) is 0 Å². The summed E-state index contributed by atoms with van der Waals surface area (Å²) in [6.07, 6.45) is 2.55. The molecule has 2 aliphatic rings. The van der Waals surface area contributed by atoms with E-state index in [0.29, 0.717) is 0 Å². The molecule has 5 heteroatoms. The lowest BCUT2D eigenvalue weighted by Crippen LogP contribution is -2.55. The fraction of sp³-hybridized carbons (Fsp3) is 0.929. The third kappa shape index (κ3) is 4.66. The Kier molecular flexibility index (Phi) is 7.16. The van der Waals surface area contributed by atoms with Crippen LogP contribution >= 0.6 is 0 Å². The number of likely N-dealkylation sites (tertiary alicyclic amines) is 1. The number of carbonyl (C=O) groups is 1. The van der Waals surface area contributed by atoms with Crippen LogP contribution in [0.2, 0.25) is 0 Å². The molecule has 0 bridgehead atoms. The highest BCUT2D eigenvalue weighted by Gasteiger charge is 2.27. The van der Waals surface area contributed by atoms with E-state index in [-0.39, 0.29) is 6.03 Å². The maximum atomic E-state index is 11.5. The van der Waals surface area contributed by atoms with Crippen molar-refractivity contribution in [1.82, 2.24) is 20.0 Å². The molecule has 0 aliphatic carbocycles. The molecule has 2 saturated heterocycles. The van der Waals surface area contributed by atoms with Crippen LogP contribution in [0.3, 0.4) is 0 Å². The molecule has 19 heavy (non-hydrogen) atoms. The van der Waals surface area contributed by atoms with E-state index in [1.54, 1.807) is 7.05 Å². The van der Waals surface area contributed by atoms with Crippen molar-refractivity contribution < 1.29 is 4.79 Å². The molecule has 2 rings (SSSR count). The van der Waals surface area contributed by atoms with E-state index in [9.17, 15) is 4.79 Å². The van der Waals surface area contributed by atoms with E-state index >= 15 is 0 Å². The van der Waals surface area contributed by atoms with Crippen LogP contribution in [-0.2, 0) is 0 Å². The first-order chi connectivity index (χ1) is 9.20. The van der Waals surface area contributed by atoms with Crippen LogP contribution in [0.4, 0.5) is 4.79 Å². The van der Waals surface area contributed by atoms with Gasteiger partial charge in [0.25, 0.3) is 0 Å². The maximum Gasteiger partial charge on any atom is 0.317 e. The Morgan fingerprint density at radius 2 is 1.53 bits per heavy atom. The summed E-state index contributed by atoms with van der Waals surface area (Å²) in [6.45, 7) is 10.2. The minimum absolute atomic E-state index is 0.0630. The molecule has 0 aromatic heterocycles. The van der Waals surface area contributed by atoms with Crippen molar-refractivity contribution >= 4 is 6.03 Å². The first-order valence-electron chi connectivity index (χ1n) is 7.60. The largest absolute Gasteiger partial charge is 0.341 e. The van der Waals surface area contributed by atoms with Gasteiger partial charge in [0.2, 0.25) is 0 Å². The molecule has 0 atom stereocenters. The average Bonchev–Trinajstić information content (AvgIpc) is 2.49. The number of carbonyl (C=O) groups excluding carboxylic acids is 1. The number of piperidine rings is 1. The lowest BCUT2D eigenvalue weighted by molar-refractivity contribution is 0.0753. The molecule has 112 valence electrons. The zero-order valence-corrected chi connectivity index (χ0v) is 13.0. The van der Waals surface area contributed by atoms with Crippen LogP contribution in [0.5, 0.6) is 0 Å². The molecule has 2 fully saturated rings. The Labute approximate surface area is 117 Å². The minimum atomic E-state index is 0.0630. The monoisotopic (exact) mass is 270 g/mol. The predicted molar refractivity (Wildman–Crippen MR) is 79.5 cm³/mol. The molecule has 0 unspecified atom stereocenters. The summed E-state index contributed by atoms with van der Waals surface area (Å²) in [6, 6.07) is 0.797. The van der Waals surface area contributed by atoms with E-state index in [2.05, 4.69) is 22.2 Å². The van der Waals surface area contributed by atoms with Crippen LogP contribution in [-0.4, -0.2) is 80.1 Å². The number of urea groups is 1. The highest BCUT2D eigenvalue weighted by molar-refractivity contribution is 5.73. The molecular weight excluding hydrogens is 240 g/mol. The van der Waals surface area contributed by atoms with E-state index in [0.717, 1.165) is 32.2 Å². The van der Waals surface area contributed by atoms with Gasteiger partial charge in [0.05, 0.1) is 0 Å². The SMILES string of the molecule is CC.CNC(=O)N1CCN(C2CCN(C)CC2)CC1. The van der Waals surface area contributed by atoms with Gasteiger partial charge in [0.1, 0.15) is 0 Å². The van der Waals surface area contributed by atoms with Gasteiger partial charge in [-0.1, -0.05) is 13.8 Å². The first-order valence-corrected chi connectivity index (χ1v) is 7.60. The summed E-state index contributed by atoms with van der Waals surface area (Å²) in [5, 5.41) is 2.70. The van der Waals surface area contributed by atoms with Crippen molar-refractivity contribution in [3.8, 4) is 0 Å². The Morgan fingerprint density at radius 1 is 1.00 bits per heavy atom. The van der Waals surface area contributed by atoms with Gasteiger partial charge >= 0.3 is 6.03 Å². The lowest BCUT2D eigenvalue weighted by Gasteiger charge is -2.42. The molecule has 0 radical (unpaired) electrons. The molecular formula is C14H30N4O.